The molecule has 9 heavy (non-hydrogen) atoms. The van der Waals surface area contributed by atoms with Crippen LogP contribution in [0.2, 0.25) is 0 Å². The average Bonchev–Trinajstić information content (AvgIpc) is 2.57. The Balaban J connectivity index is 2.16. The minimum atomic E-state index is -0.412. The van der Waals surface area contributed by atoms with Gasteiger partial charge in [0.2, 0.25) is 0 Å². The Hall–Kier alpha value is -0.0800. The van der Waals surface area contributed by atoms with Crippen molar-refractivity contribution in [3.05, 3.63) is 0 Å². The van der Waals surface area contributed by atoms with Crippen LogP contribution >= 0.6 is 0 Å². The monoisotopic (exact) mass is 130 g/mol. The van der Waals surface area contributed by atoms with Crippen molar-refractivity contribution in [1.29, 1.82) is 0 Å². The number of rotatable bonds is 1. The molecule has 0 heterocycles. The van der Waals surface area contributed by atoms with E-state index in [1.54, 1.807) is 0 Å². The molecule has 2 aliphatic rings. The summed E-state index contributed by atoms with van der Waals surface area (Å²) < 4.78 is 7.47. The maximum absolute atomic E-state index is 9.38. The van der Waals surface area contributed by atoms with Crippen molar-refractivity contribution in [3.8, 4) is 0 Å². The first-order valence-electron chi connectivity index (χ1n) is 3.99. The smallest absolute Gasteiger partial charge is 0.0621 e. The van der Waals surface area contributed by atoms with Gasteiger partial charge in [-0.25, -0.2) is 0 Å². The molecular formula is C7H12O2. The summed E-state index contributed by atoms with van der Waals surface area (Å²) in [5.74, 6) is 0.285. The largest absolute Gasteiger partial charge is 0.396 e. The molecule has 2 N–H and O–H groups in total. The highest BCUT2D eigenvalue weighted by atomic mass is 16.3. The number of aliphatic hydroxyl groups excluding tert-OH is 2. The highest BCUT2D eigenvalue weighted by Gasteiger charge is 2.61. The van der Waals surface area contributed by atoms with Gasteiger partial charge in [0.05, 0.1) is 12.7 Å². The van der Waals surface area contributed by atoms with Crippen molar-refractivity contribution >= 4 is 0 Å². The first-order valence-corrected chi connectivity index (χ1v) is 3.42. The molecular weight excluding hydrogens is 116 g/mol. The second-order valence-electron chi connectivity index (χ2n) is 3.19. The van der Waals surface area contributed by atoms with E-state index in [1.165, 1.54) is 0 Å². The van der Waals surface area contributed by atoms with Gasteiger partial charge in [-0.05, 0) is 25.2 Å². The molecule has 2 nitrogen and oxygen atoms in total. The topological polar surface area (TPSA) is 40.5 Å². The Morgan fingerprint density at radius 1 is 1.78 bits per heavy atom. The molecule has 2 aliphatic carbocycles. The molecule has 3 unspecified atom stereocenters. The Morgan fingerprint density at radius 3 is 2.78 bits per heavy atom. The van der Waals surface area contributed by atoms with Crippen molar-refractivity contribution < 1.29 is 11.6 Å². The lowest BCUT2D eigenvalue weighted by Crippen LogP contribution is -2.22. The molecule has 4 atom stereocenters. The molecule has 0 aliphatic heterocycles. The van der Waals surface area contributed by atoms with Gasteiger partial charge in [-0.15, -0.1) is 0 Å². The van der Waals surface area contributed by atoms with E-state index in [2.05, 4.69) is 0 Å². The predicted octanol–water partition coefficient (Wildman–Crippen LogP) is 0.140. The van der Waals surface area contributed by atoms with Crippen LogP contribution in [0.3, 0.4) is 0 Å². The van der Waals surface area contributed by atoms with E-state index in [9.17, 15) is 5.11 Å². The van der Waals surface area contributed by atoms with Crippen LogP contribution < -0.4 is 0 Å². The third-order valence-corrected chi connectivity index (χ3v) is 2.78. The summed E-state index contributed by atoms with van der Waals surface area (Å²) in [7, 11) is 0. The molecule has 2 heteroatoms. The van der Waals surface area contributed by atoms with Crippen LogP contribution in [0.25, 0.3) is 0 Å². The molecule has 0 radical (unpaired) electrons. The molecule has 0 spiro atoms. The van der Waals surface area contributed by atoms with Gasteiger partial charge in [-0.1, -0.05) is 0 Å². The zero-order valence-corrected chi connectivity index (χ0v) is 5.25. The molecule has 0 saturated heterocycles. The van der Waals surface area contributed by atoms with Crippen LogP contribution in [0.4, 0.5) is 0 Å². The molecule has 0 aromatic heterocycles. The van der Waals surface area contributed by atoms with E-state index in [4.69, 9.17) is 6.48 Å². The third-order valence-electron chi connectivity index (χ3n) is 2.78. The molecule has 52 valence electrons. The van der Waals surface area contributed by atoms with Crippen molar-refractivity contribution in [1.82, 2.24) is 0 Å². The normalized spacial score (nSPS) is 65.1. The van der Waals surface area contributed by atoms with Gasteiger partial charge in [-0.2, -0.15) is 0 Å². The van der Waals surface area contributed by atoms with Gasteiger partial charge < -0.3 is 10.2 Å². The highest BCUT2D eigenvalue weighted by Crippen LogP contribution is 2.62. The quantitative estimate of drug-likeness (QED) is 0.530. The molecule has 0 bridgehead atoms. The van der Waals surface area contributed by atoms with Crippen LogP contribution in [-0.4, -0.2) is 22.9 Å². The second kappa shape index (κ2) is 1.50. The lowest BCUT2D eigenvalue weighted by molar-refractivity contribution is 0.0612. The highest BCUT2D eigenvalue weighted by molar-refractivity contribution is 5.11. The fraction of sp³-hybridized carbons (Fsp3) is 1.00. The predicted molar refractivity (Wildman–Crippen MR) is 32.9 cm³/mol. The molecule has 2 fully saturated rings. The van der Waals surface area contributed by atoms with E-state index in [1.807, 2.05) is 0 Å². The SMILES string of the molecule is [3H]C1CC(O)C2(CO)C[C@H]12. The summed E-state index contributed by atoms with van der Waals surface area (Å²) in [4.78, 5) is 0. The molecule has 2 rings (SSSR count). The van der Waals surface area contributed by atoms with Crippen LogP contribution in [-0.2, 0) is 0 Å². The minimum absolute atomic E-state index is 0.0637. The van der Waals surface area contributed by atoms with Crippen LogP contribution in [0.1, 0.15) is 20.6 Å². The maximum atomic E-state index is 9.38. The number of aliphatic hydroxyl groups is 2. The van der Waals surface area contributed by atoms with E-state index in [0.29, 0.717) is 6.42 Å². The van der Waals surface area contributed by atoms with E-state index < -0.39 is 6.10 Å². The Bertz CT molecular complexity index is 158. The number of hydrogen-bond donors (Lipinski definition) is 2. The third kappa shape index (κ3) is 0.528. The van der Waals surface area contributed by atoms with E-state index >= 15 is 0 Å². The Labute approximate surface area is 55.9 Å². The zero-order chi connectivity index (χ0) is 7.35. The summed E-state index contributed by atoms with van der Waals surface area (Å²) in [6, 6.07) is 0. The average molecular weight is 130 g/mol. The molecule has 0 aromatic rings. The Morgan fingerprint density at radius 2 is 2.56 bits per heavy atom. The summed E-state index contributed by atoms with van der Waals surface area (Å²) in [5, 5.41) is 18.3. The lowest BCUT2D eigenvalue weighted by Gasteiger charge is -2.13. The van der Waals surface area contributed by atoms with Gasteiger partial charge in [0.15, 0.2) is 0 Å². The Kier molecular flexibility index (Phi) is 0.780. The minimum Gasteiger partial charge on any atom is -0.396 e. The second-order valence-corrected chi connectivity index (χ2v) is 3.19. The first kappa shape index (κ1) is 4.69. The fourth-order valence-corrected chi connectivity index (χ4v) is 1.87. The molecule has 0 amide bonds. The van der Waals surface area contributed by atoms with Crippen LogP contribution in [0.15, 0.2) is 0 Å². The van der Waals surface area contributed by atoms with Gasteiger partial charge in [0, 0.05) is 6.79 Å². The molecule has 0 aromatic carbocycles. The van der Waals surface area contributed by atoms with Crippen LogP contribution in [0.5, 0.6) is 0 Å². The summed E-state index contributed by atoms with van der Waals surface area (Å²) in [5.41, 5.74) is -0.244. The van der Waals surface area contributed by atoms with Crippen molar-refractivity contribution in [2.24, 2.45) is 11.3 Å². The summed E-state index contributed by atoms with van der Waals surface area (Å²) >= 11 is 0. The van der Waals surface area contributed by atoms with Crippen LogP contribution in [0, 0.1) is 11.3 Å². The van der Waals surface area contributed by atoms with Gasteiger partial charge in [0.25, 0.3) is 0 Å². The summed E-state index contributed by atoms with van der Waals surface area (Å²) in [6.07, 6.45) is 0.886. The van der Waals surface area contributed by atoms with Gasteiger partial charge >= 0.3 is 0 Å². The van der Waals surface area contributed by atoms with Crippen molar-refractivity contribution in [3.63, 3.8) is 0 Å². The van der Waals surface area contributed by atoms with Gasteiger partial charge in [-0.3, -0.25) is 0 Å². The number of hydrogen-bond acceptors (Lipinski definition) is 2. The summed E-state index contributed by atoms with van der Waals surface area (Å²) in [6.45, 7) is 0.0637. The van der Waals surface area contributed by atoms with Crippen molar-refractivity contribution in [2.75, 3.05) is 6.61 Å². The zero-order valence-electron chi connectivity index (χ0n) is 6.25. The van der Waals surface area contributed by atoms with Gasteiger partial charge in [0.1, 0.15) is 0 Å². The lowest BCUT2D eigenvalue weighted by atomic mass is 10.0. The standard InChI is InChI=1S/C7H12O2/c8-4-7-3-5(7)1-2-6(7)9/h5-6,8-9H,1-4H2/t5-,6?,7?/m0/s1/i1T/t1?,5-,6?,7?. The fourth-order valence-electron chi connectivity index (χ4n) is 1.87. The maximum Gasteiger partial charge on any atom is 0.0621 e. The van der Waals surface area contributed by atoms with E-state index in [0.717, 1.165) is 6.42 Å². The van der Waals surface area contributed by atoms with E-state index in [-0.39, 0.29) is 24.3 Å². The number of fused-ring (bicyclic) bond motifs is 1. The van der Waals surface area contributed by atoms with Crippen molar-refractivity contribution in [2.45, 2.75) is 25.3 Å². The molecule has 2 saturated carbocycles. The first-order chi connectivity index (χ1) is 4.70.